The zero-order chi connectivity index (χ0) is 18.7. The van der Waals surface area contributed by atoms with Crippen molar-refractivity contribution in [2.75, 3.05) is 19.6 Å². The molecular weight excluding hydrogens is 330 g/mol. The summed E-state index contributed by atoms with van der Waals surface area (Å²) in [7, 11) is 0. The van der Waals surface area contributed by atoms with Crippen LogP contribution in [0.1, 0.15) is 76.1 Å². The quantitative estimate of drug-likeness (QED) is 0.480. The topological polar surface area (TPSA) is 31.4 Å². The molecule has 3 heteroatoms. The molecule has 2 atom stereocenters. The molecular formula is C24H35N3. The summed E-state index contributed by atoms with van der Waals surface area (Å²) < 4.78 is 0. The van der Waals surface area contributed by atoms with Crippen LogP contribution in [-0.4, -0.2) is 35.7 Å². The lowest BCUT2D eigenvalue weighted by Crippen LogP contribution is -2.49. The van der Waals surface area contributed by atoms with Crippen molar-refractivity contribution >= 4 is 17.1 Å². The van der Waals surface area contributed by atoms with Gasteiger partial charge in [-0.2, -0.15) is 0 Å². The first-order valence-electron chi connectivity index (χ1n) is 11.1. The molecule has 0 saturated carbocycles. The summed E-state index contributed by atoms with van der Waals surface area (Å²) in [6.07, 6.45) is 12.1. The summed E-state index contributed by atoms with van der Waals surface area (Å²) in [5.41, 5.74) is 4.84. The Balaban J connectivity index is 1.61. The maximum atomic E-state index is 4.65. The monoisotopic (exact) mass is 365 g/mol. The smallest absolute Gasteiger partial charge is 0.0558 e. The van der Waals surface area contributed by atoms with Gasteiger partial charge >= 0.3 is 0 Å². The van der Waals surface area contributed by atoms with Crippen LogP contribution in [0.3, 0.4) is 0 Å². The number of H-pyrrole nitrogens is 1. The lowest BCUT2D eigenvalue weighted by atomic mass is 9.65. The third-order valence-corrected chi connectivity index (χ3v) is 7.05. The fourth-order valence-corrected chi connectivity index (χ4v) is 5.64. The van der Waals surface area contributed by atoms with Gasteiger partial charge in [-0.05, 0) is 74.7 Å². The Morgan fingerprint density at radius 1 is 1.26 bits per heavy atom. The van der Waals surface area contributed by atoms with Crippen molar-refractivity contribution in [2.45, 2.75) is 71.3 Å². The Hall–Kier alpha value is -1.61. The van der Waals surface area contributed by atoms with Gasteiger partial charge in [-0.3, -0.25) is 9.89 Å². The summed E-state index contributed by atoms with van der Waals surface area (Å²) in [6, 6.07) is 9.46. The number of hydrogen-bond acceptors (Lipinski definition) is 2. The van der Waals surface area contributed by atoms with Crippen LogP contribution in [0.5, 0.6) is 0 Å². The molecule has 1 aromatic carbocycles. The van der Waals surface area contributed by atoms with Crippen molar-refractivity contribution in [3.63, 3.8) is 0 Å². The van der Waals surface area contributed by atoms with Crippen LogP contribution in [0.25, 0.3) is 10.9 Å². The molecule has 27 heavy (non-hydrogen) atoms. The van der Waals surface area contributed by atoms with E-state index in [-0.39, 0.29) is 0 Å². The molecule has 4 rings (SSSR count). The van der Waals surface area contributed by atoms with E-state index in [9.17, 15) is 0 Å². The molecule has 1 N–H and O–H groups in total. The van der Waals surface area contributed by atoms with E-state index in [0.717, 1.165) is 13.0 Å². The number of hydrogen-bond donors (Lipinski definition) is 1. The minimum absolute atomic E-state index is 0.397. The number of piperidine rings is 1. The number of fused-ring (bicyclic) bond motifs is 5. The van der Waals surface area contributed by atoms with Crippen molar-refractivity contribution in [3.05, 3.63) is 35.5 Å². The molecule has 2 aliphatic rings. The average Bonchev–Trinajstić information content (AvgIpc) is 3.09. The van der Waals surface area contributed by atoms with Crippen LogP contribution in [0, 0.1) is 5.41 Å². The fourth-order valence-electron chi connectivity index (χ4n) is 5.64. The van der Waals surface area contributed by atoms with E-state index in [4.69, 9.17) is 0 Å². The second-order valence-electron chi connectivity index (χ2n) is 8.55. The molecule has 1 saturated heterocycles. The van der Waals surface area contributed by atoms with Gasteiger partial charge in [0.25, 0.3) is 0 Å². The van der Waals surface area contributed by atoms with Crippen molar-refractivity contribution in [1.29, 1.82) is 0 Å². The number of benzene rings is 1. The molecule has 2 unspecified atom stereocenters. The highest BCUT2D eigenvalue weighted by Gasteiger charge is 2.46. The molecule has 3 heterocycles. The van der Waals surface area contributed by atoms with Gasteiger partial charge in [0.15, 0.2) is 0 Å². The number of aromatic amines is 1. The molecule has 2 aliphatic heterocycles. The van der Waals surface area contributed by atoms with E-state index in [1.807, 2.05) is 0 Å². The van der Waals surface area contributed by atoms with E-state index < -0.39 is 0 Å². The predicted octanol–water partition coefficient (Wildman–Crippen LogP) is 5.91. The van der Waals surface area contributed by atoms with Crippen LogP contribution >= 0.6 is 0 Å². The van der Waals surface area contributed by atoms with E-state index in [2.05, 4.69) is 59.2 Å². The molecule has 1 fully saturated rings. The van der Waals surface area contributed by atoms with Gasteiger partial charge in [0.05, 0.1) is 6.04 Å². The predicted molar refractivity (Wildman–Crippen MR) is 116 cm³/mol. The van der Waals surface area contributed by atoms with Crippen LogP contribution in [0.2, 0.25) is 0 Å². The van der Waals surface area contributed by atoms with Crippen LogP contribution < -0.4 is 0 Å². The largest absolute Gasteiger partial charge is 0.357 e. The number of nitrogens with one attached hydrogen (secondary N) is 1. The molecule has 2 aromatic rings. The summed E-state index contributed by atoms with van der Waals surface area (Å²) in [5.74, 6) is 0. The number of para-hydroxylation sites is 1. The number of aliphatic imine (C=N–C) groups is 1. The Morgan fingerprint density at radius 3 is 3.00 bits per heavy atom. The van der Waals surface area contributed by atoms with E-state index in [0.29, 0.717) is 11.5 Å². The minimum Gasteiger partial charge on any atom is -0.357 e. The van der Waals surface area contributed by atoms with Crippen molar-refractivity contribution in [2.24, 2.45) is 10.4 Å². The number of rotatable bonds is 7. The molecule has 3 nitrogen and oxygen atoms in total. The normalized spacial score (nSPS) is 25.8. The van der Waals surface area contributed by atoms with Crippen molar-refractivity contribution < 1.29 is 0 Å². The van der Waals surface area contributed by atoms with Gasteiger partial charge in [0.1, 0.15) is 0 Å². The Labute approximate surface area is 164 Å². The Kier molecular flexibility index (Phi) is 5.68. The molecule has 0 amide bonds. The average molecular weight is 366 g/mol. The van der Waals surface area contributed by atoms with Crippen molar-refractivity contribution in [1.82, 2.24) is 9.88 Å². The van der Waals surface area contributed by atoms with E-state index in [1.54, 1.807) is 5.56 Å². The van der Waals surface area contributed by atoms with Gasteiger partial charge in [-0.15, -0.1) is 0 Å². The summed E-state index contributed by atoms with van der Waals surface area (Å²) >= 11 is 0. The van der Waals surface area contributed by atoms with Crippen LogP contribution in [0.4, 0.5) is 0 Å². The number of nitrogens with zero attached hydrogens (tertiary/aromatic N) is 2. The molecule has 0 radical (unpaired) electrons. The fraction of sp³-hybridized carbons (Fsp3) is 0.625. The van der Waals surface area contributed by atoms with Crippen LogP contribution in [-0.2, 0) is 6.42 Å². The van der Waals surface area contributed by atoms with Gasteiger partial charge in [-0.1, -0.05) is 38.5 Å². The Bertz CT molecular complexity index is 790. The van der Waals surface area contributed by atoms with E-state index >= 15 is 0 Å². The number of aromatic nitrogens is 1. The van der Waals surface area contributed by atoms with Gasteiger partial charge in [0, 0.05) is 29.7 Å². The molecule has 0 bridgehead atoms. The zero-order valence-corrected chi connectivity index (χ0v) is 17.1. The maximum absolute atomic E-state index is 4.65. The molecule has 146 valence electrons. The van der Waals surface area contributed by atoms with Crippen molar-refractivity contribution in [3.8, 4) is 0 Å². The lowest BCUT2D eigenvalue weighted by molar-refractivity contribution is -0.00814. The first-order valence-corrected chi connectivity index (χ1v) is 11.1. The maximum Gasteiger partial charge on any atom is 0.0558 e. The lowest BCUT2D eigenvalue weighted by Gasteiger charge is -2.52. The summed E-state index contributed by atoms with van der Waals surface area (Å²) in [5, 5.41) is 1.45. The third-order valence-electron chi connectivity index (χ3n) is 7.05. The highest BCUT2D eigenvalue weighted by atomic mass is 15.2. The molecule has 1 aromatic heterocycles. The third kappa shape index (κ3) is 3.47. The SMILES string of the molecule is CCCC=NCCCC1(CC)CCCN2CCc3c([nH]c4ccccc34)C21. The first-order chi connectivity index (χ1) is 13.3. The van der Waals surface area contributed by atoms with Crippen LogP contribution in [0.15, 0.2) is 29.3 Å². The summed E-state index contributed by atoms with van der Waals surface area (Å²) in [4.78, 5) is 11.3. The molecule has 0 aliphatic carbocycles. The second-order valence-corrected chi connectivity index (χ2v) is 8.55. The zero-order valence-electron chi connectivity index (χ0n) is 17.1. The van der Waals surface area contributed by atoms with Gasteiger partial charge in [-0.25, -0.2) is 0 Å². The van der Waals surface area contributed by atoms with E-state index in [1.165, 1.54) is 74.6 Å². The van der Waals surface area contributed by atoms with Gasteiger partial charge < -0.3 is 4.98 Å². The molecule has 0 spiro atoms. The summed E-state index contributed by atoms with van der Waals surface area (Å²) in [6.45, 7) is 8.11. The van der Waals surface area contributed by atoms with Gasteiger partial charge in [0.2, 0.25) is 0 Å². The number of unbranched alkanes of at least 4 members (excludes halogenated alkanes) is 1. The highest BCUT2D eigenvalue weighted by molar-refractivity contribution is 5.85. The highest BCUT2D eigenvalue weighted by Crippen LogP contribution is 2.53. The second kappa shape index (κ2) is 8.18. The Morgan fingerprint density at radius 2 is 2.15 bits per heavy atom. The standard InChI is InChI=1S/C24H35N3/c1-3-5-15-25-16-8-13-24(4-2)14-9-17-27-18-12-20-19-10-6-7-11-21(19)26-22(20)23(24)27/h6-7,10-11,15,23,26H,3-5,8-9,12-14,16-18H2,1-2H3. The first kappa shape index (κ1) is 18.7. The minimum atomic E-state index is 0.397.